The predicted molar refractivity (Wildman–Crippen MR) is 81.9 cm³/mol. The van der Waals surface area contributed by atoms with E-state index in [2.05, 4.69) is 15.9 Å². The summed E-state index contributed by atoms with van der Waals surface area (Å²) in [4.78, 5) is 0. The zero-order valence-corrected chi connectivity index (χ0v) is 13.8. The summed E-state index contributed by atoms with van der Waals surface area (Å²) in [5.74, 6) is 0. The molecule has 6 heteroatoms. The summed E-state index contributed by atoms with van der Waals surface area (Å²) in [5, 5.41) is 0. The van der Waals surface area contributed by atoms with E-state index in [0.29, 0.717) is 10.8 Å². The topological polar surface area (TPSA) is 37.4 Å². The average molecular weight is 360 g/mol. The number of rotatable bonds is 4. The Balaban J connectivity index is 2.22. The van der Waals surface area contributed by atoms with Crippen LogP contribution in [0.25, 0.3) is 0 Å². The van der Waals surface area contributed by atoms with Gasteiger partial charge < -0.3 is 0 Å². The molecule has 0 unspecified atom stereocenters. The van der Waals surface area contributed by atoms with Crippen LogP contribution in [0.4, 0.5) is 0 Å². The second-order valence-corrected chi connectivity index (χ2v) is 9.04. The first-order valence-corrected chi connectivity index (χ1v) is 8.72. The molecular weight excluding hydrogens is 346 g/mol. The Bertz CT molecular complexity index is 679. The SMILES string of the molecule is Cc1cccc(CN(C)S(=O)(=O)c2ccc(Br)s2)c1. The minimum atomic E-state index is -3.41. The molecular formula is C13H14BrNO2S2. The lowest BCUT2D eigenvalue weighted by Crippen LogP contribution is -2.25. The minimum absolute atomic E-state index is 0.356. The fourth-order valence-electron chi connectivity index (χ4n) is 1.74. The molecule has 0 atom stereocenters. The number of aryl methyl sites for hydroxylation is 1. The molecule has 0 amide bonds. The van der Waals surface area contributed by atoms with E-state index in [4.69, 9.17) is 0 Å². The average Bonchev–Trinajstić information content (AvgIpc) is 2.76. The summed E-state index contributed by atoms with van der Waals surface area (Å²) < 4.78 is 27.2. The molecule has 0 fully saturated rings. The molecule has 0 aliphatic rings. The van der Waals surface area contributed by atoms with Crippen LogP contribution >= 0.6 is 27.3 Å². The van der Waals surface area contributed by atoms with Crippen LogP contribution < -0.4 is 0 Å². The van der Waals surface area contributed by atoms with E-state index in [9.17, 15) is 8.42 Å². The number of benzene rings is 1. The van der Waals surface area contributed by atoms with Crippen LogP contribution in [0.5, 0.6) is 0 Å². The molecule has 0 radical (unpaired) electrons. The minimum Gasteiger partial charge on any atom is -0.206 e. The molecule has 0 aliphatic carbocycles. The number of hydrogen-bond donors (Lipinski definition) is 0. The van der Waals surface area contributed by atoms with Gasteiger partial charge in [-0.25, -0.2) is 8.42 Å². The van der Waals surface area contributed by atoms with Crippen LogP contribution in [0.1, 0.15) is 11.1 Å². The standard InChI is InChI=1S/C13H14BrNO2S2/c1-10-4-3-5-11(8-10)9-15(2)19(16,17)13-7-6-12(14)18-13/h3-8H,9H2,1-2H3. The zero-order valence-electron chi connectivity index (χ0n) is 10.6. The van der Waals surface area contributed by atoms with Gasteiger partial charge in [-0.1, -0.05) is 29.8 Å². The van der Waals surface area contributed by atoms with E-state index >= 15 is 0 Å². The van der Waals surface area contributed by atoms with Crippen LogP contribution in [-0.2, 0) is 16.6 Å². The molecule has 102 valence electrons. The normalized spacial score (nSPS) is 12.0. The Labute approximate surface area is 126 Å². The van der Waals surface area contributed by atoms with Gasteiger partial charge in [-0.3, -0.25) is 0 Å². The molecule has 0 spiro atoms. The summed E-state index contributed by atoms with van der Waals surface area (Å²) in [6.07, 6.45) is 0. The fourth-order valence-corrected chi connectivity index (χ4v) is 5.12. The molecule has 0 aliphatic heterocycles. The number of sulfonamides is 1. The van der Waals surface area contributed by atoms with Gasteiger partial charge in [0.1, 0.15) is 4.21 Å². The second-order valence-electron chi connectivity index (χ2n) is 4.31. The third kappa shape index (κ3) is 3.45. The highest BCUT2D eigenvalue weighted by Crippen LogP contribution is 2.28. The maximum absolute atomic E-state index is 12.4. The number of thiophene rings is 1. The van der Waals surface area contributed by atoms with Crippen molar-refractivity contribution >= 4 is 37.3 Å². The molecule has 1 heterocycles. The van der Waals surface area contributed by atoms with E-state index in [-0.39, 0.29) is 0 Å². The molecule has 2 rings (SSSR count). The van der Waals surface area contributed by atoms with Gasteiger partial charge in [0.05, 0.1) is 3.79 Å². The third-order valence-electron chi connectivity index (χ3n) is 2.70. The van der Waals surface area contributed by atoms with Crippen molar-refractivity contribution in [3.8, 4) is 0 Å². The Morgan fingerprint density at radius 2 is 2.00 bits per heavy atom. The molecule has 19 heavy (non-hydrogen) atoms. The van der Waals surface area contributed by atoms with Crippen molar-refractivity contribution in [2.75, 3.05) is 7.05 Å². The van der Waals surface area contributed by atoms with Gasteiger partial charge >= 0.3 is 0 Å². The fraction of sp³-hybridized carbons (Fsp3) is 0.231. The van der Waals surface area contributed by atoms with Crippen molar-refractivity contribution in [2.24, 2.45) is 0 Å². The van der Waals surface area contributed by atoms with E-state index in [1.54, 1.807) is 19.2 Å². The Morgan fingerprint density at radius 3 is 2.58 bits per heavy atom. The molecule has 3 nitrogen and oxygen atoms in total. The van der Waals surface area contributed by atoms with Gasteiger partial charge in [0.25, 0.3) is 10.0 Å². The van der Waals surface area contributed by atoms with E-state index in [1.165, 1.54) is 15.6 Å². The van der Waals surface area contributed by atoms with E-state index in [0.717, 1.165) is 14.9 Å². The summed E-state index contributed by atoms with van der Waals surface area (Å²) in [5.41, 5.74) is 2.11. The van der Waals surface area contributed by atoms with E-state index < -0.39 is 10.0 Å². The van der Waals surface area contributed by atoms with Crippen LogP contribution in [0.15, 0.2) is 44.4 Å². The maximum Gasteiger partial charge on any atom is 0.252 e. The zero-order chi connectivity index (χ0) is 14.0. The molecule has 0 saturated carbocycles. The molecule has 1 aromatic carbocycles. The number of hydrogen-bond acceptors (Lipinski definition) is 3. The van der Waals surface area contributed by atoms with Gasteiger partial charge in [-0.15, -0.1) is 11.3 Å². The van der Waals surface area contributed by atoms with Crippen LogP contribution in [-0.4, -0.2) is 19.8 Å². The number of nitrogens with zero attached hydrogens (tertiary/aromatic N) is 1. The third-order valence-corrected chi connectivity index (χ3v) is 6.60. The smallest absolute Gasteiger partial charge is 0.206 e. The Morgan fingerprint density at radius 1 is 1.26 bits per heavy atom. The highest BCUT2D eigenvalue weighted by Gasteiger charge is 2.22. The van der Waals surface area contributed by atoms with Crippen molar-refractivity contribution in [3.05, 3.63) is 51.3 Å². The Hall–Kier alpha value is -0.690. The van der Waals surface area contributed by atoms with Crippen molar-refractivity contribution in [1.29, 1.82) is 0 Å². The lowest BCUT2D eigenvalue weighted by Gasteiger charge is -2.16. The molecule has 0 bridgehead atoms. The summed E-state index contributed by atoms with van der Waals surface area (Å²) >= 11 is 4.51. The van der Waals surface area contributed by atoms with Crippen molar-refractivity contribution in [1.82, 2.24) is 4.31 Å². The summed E-state index contributed by atoms with van der Waals surface area (Å²) in [6, 6.07) is 11.2. The highest BCUT2D eigenvalue weighted by atomic mass is 79.9. The van der Waals surface area contributed by atoms with Crippen molar-refractivity contribution < 1.29 is 8.42 Å². The van der Waals surface area contributed by atoms with Gasteiger partial charge in [0.15, 0.2) is 0 Å². The molecule has 1 aromatic heterocycles. The number of halogens is 1. The van der Waals surface area contributed by atoms with Gasteiger partial charge in [0, 0.05) is 13.6 Å². The second kappa shape index (κ2) is 5.75. The summed E-state index contributed by atoms with van der Waals surface area (Å²) in [6.45, 7) is 2.37. The Kier molecular flexibility index (Phi) is 4.45. The van der Waals surface area contributed by atoms with Gasteiger partial charge in [0.2, 0.25) is 0 Å². The first-order chi connectivity index (χ1) is 8.89. The van der Waals surface area contributed by atoms with Gasteiger partial charge in [-0.05, 0) is 40.5 Å². The monoisotopic (exact) mass is 359 g/mol. The van der Waals surface area contributed by atoms with Crippen LogP contribution in [0.3, 0.4) is 0 Å². The molecule has 0 saturated heterocycles. The molecule has 2 aromatic rings. The first kappa shape index (κ1) is 14.7. The lowest BCUT2D eigenvalue weighted by atomic mass is 10.1. The van der Waals surface area contributed by atoms with Crippen LogP contribution in [0, 0.1) is 6.92 Å². The molecule has 0 N–H and O–H groups in total. The van der Waals surface area contributed by atoms with Crippen molar-refractivity contribution in [2.45, 2.75) is 17.7 Å². The quantitative estimate of drug-likeness (QED) is 0.835. The van der Waals surface area contributed by atoms with Crippen LogP contribution in [0.2, 0.25) is 0 Å². The summed E-state index contributed by atoms with van der Waals surface area (Å²) in [7, 11) is -1.80. The van der Waals surface area contributed by atoms with Crippen molar-refractivity contribution in [3.63, 3.8) is 0 Å². The highest BCUT2D eigenvalue weighted by molar-refractivity contribution is 9.11. The van der Waals surface area contributed by atoms with E-state index in [1.807, 2.05) is 31.2 Å². The van der Waals surface area contributed by atoms with Gasteiger partial charge in [-0.2, -0.15) is 4.31 Å². The predicted octanol–water partition coefficient (Wildman–Crippen LogP) is 3.64. The first-order valence-electron chi connectivity index (χ1n) is 5.67. The largest absolute Gasteiger partial charge is 0.252 e. The lowest BCUT2D eigenvalue weighted by molar-refractivity contribution is 0.468. The maximum atomic E-state index is 12.4.